The second-order valence-corrected chi connectivity index (χ2v) is 7.02. The summed E-state index contributed by atoms with van der Waals surface area (Å²) in [6.07, 6.45) is 5.85. The highest BCUT2D eigenvalue weighted by atomic mass is 16.5. The standard InChI is InChI=1S/C21H26N4O3/c1-15-11-24-18(13-23-15)14-25-19(7-8-20(25)26)9-10-22-12-16-3-5-17(6-4-16)21(27)28-2/h3-6,11,13,19,22H,7-10,12,14H2,1-2H3. The number of likely N-dealkylation sites (tertiary alicyclic amines) is 1. The Kier molecular flexibility index (Phi) is 6.71. The molecule has 0 bridgehead atoms. The molecule has 28 heavy (non-hydrogen) atoms. The van der Waals surface area contributed by atoms with E-state index in [1.54, 1.807) is 24.5 Å². The predicted octanol–water partition coefficient (Wildman–Crippen LogP) is 2.24. The highest BCUT2D eigenvalue weighted by Gasteiger charge is 2.30. The van der Waals surface area contributed by atoms with Gasteiger partial charge in [-0.2, -0.15) is 0 Å². The van der Waals surface area contributed by atoms with Gasteiger partial charge in [0.05, 0.1) is 36.8 Å². The summed E-state index contributed by atoms with van der Waals surface area (Å²) in [5.41, 5.74) is 3.34. The van der Waals surface area contributed by atoms with Crippen LogP contribution in [0.15, 0.2) is 36.7 Å². The predicted molar refractivity (Wildman–Crippen MR) is 104 cm³/mol. The van der Waals surface area contributed by atoms with E-state index in [9.17, 15) is 9.59 Å². The highest BCUT2D eigenvalue weighted by Crippen LogP contribution is 2.23. The van der Waals surface area contributed by atoms with Gasteiger partial charge in [0.2, 0.25) is 5.91 Å². The monoisotopic (exact) mass is 382 g/mol. The molecule has 148 valence electrons. The number of nitrogens with one attached hydrogen (secondary N) is 1. The molecule has 2 heterocycles. The summed E-state index contributed by atoms with van der Waals surface area (Å²) in [7, 11) is 1.38. The molecule has 1 aromatic carbocycles. The molecule has 1 aliphatic heterocycles. The van der Waals surface area contributed by atoms with Crippen LogP contribution in [0.1, 0.15) is 46.6 Å². The number of hydrogen-bond donors (Lipinski definition) is 1. The molecular weight excluding hydrogens is 356 g/mol. The summed E-state index contributed by atoms with van der Waals surface area (Å²) in [4.78, 5) is 34.3. The lowest BCUT2D eigenvalue weighted by Gasteiger charge is -2.24. The Hall–Kier alpha value is -2.80. The maximum absolute atomic E-state index is 12.2. The zero-order valence-electron chi connectivity index (χ0n) is 16.4. The Morgan fingerprint density at radius 3 is 2.71 bits per heavy atom. The first-order valence-corrected chi connectivity index (χ1v) is 9.52. The Morgan fingerprint density at radius 1 is 1.25 bits per heavy atom. The molecule has 0 aliphatic carbocycles. The van der Waals surface area contributed by atoms with Gasteiger partial charge < -0.3 is 15.0 Å². The third kappa shape index (κ3) is 5.13. The molecule has 0 radical (unpaired) electrons. The Bertz CT molecular complexity index is 805. The SMILES string of the molecule is COC(=O)c1ccc(CNCCC2CCC(=O)N2Cc2cnc(C)cn2)cc1. The third-order valence-corrected chi connectivity index (χ3v) is 4.98. The third-order valence-electron chi connectivity index (χ3n) is 4.98. The van der Waals surface area contributed by atoms with Crippen LogP contribution in [0.2, 0.25) is 0 Å². The van der Waals surface area contributed by atoms with Crippen LogP contribution in [0.25, 0.3) is 0 Å². The number of amides is 1. The summed E-state index contributed by atoms with van der Waals surface area (Å²) in [6.45, 7) is 3.94. The molecule has 1 saturated heterocycles. The van der Waals surface area contributed by atoms with Gasteiger partial charge in [-0.05, 0) is 44.0 Å². The second kappa shape index (κ2) is 9.41. The van der Waals surface area contributed by atoms with Gasteiger partial charge in [0, 0.05) is 25.2 Å². The molecule has 1 N–H and O–H groups in total. The lowest BCUT2D eigenvalue weighted by molar-refractivity contribution is -0.129. The van der Waals surface area contributed by atoms with Crippen LogP contribution in [0.4, 0.5) is 0 Å². The van der Waals surface area contributed by atoms with Crippen molar-refractivity contribution < 1.29 is 14.3 Å². The van der Waals surface area contributed by atoms with E-state index < -0.39 is 0 Å². The summed E-state index contributed by atoms with van der Waals surface area (Å²) >= 11 is 0. The number of esters is 1. The minimum atomic E-state index is -0.330. The molecular formula is C21H26N4O3. The van der Waals surface area contributed by atoms with Crippen LogP contribution in [0, 0.1) is 6.92 Å². The largest absolute Gasteiger partial charge is 0.465 e. The molecule has 1 aromatic heterocycles. The van der Waals surface area contributed by atoms with E-state index in [4.69, 9.17) is 4.74 Å². The van der Waals surface area contributed by atoms with Gasteiger partial charge in [-0.3, -0.25) is 14.8 Å². The maximum Gasteiger partial charge on any atom is 0.337 e. The number of benzene rings is 1. The first-order chi connectivity index (χ1) is 13.6. The summed E-state index contributed by atoms with van der Waals surface area (Å²) in [5.74, 6) is -0.144. The van der Waals surface area contributed by atoms with Crippen LogP contribution < -0.4 is 5.32 Å². The van der Waals surface area contributed by atoms with Gasteiger partial charge >= 0.3 is 5.97 Å². The van der Waals surface area contributed by atoms with Crippen LogP contribution in [0.5, 0.6) is 0 Å². The quantitative estimate of drug-likeness (QED) is 0.557. The zero-order valence-corrected chi connectivity index (χ0v) is 16.4. The summed E-state index contributed by atoms with van der Waals surface area (Å²) < 4.78 is 4.70. The number of carbonyl (C=O) groups excluding carboxylic acids is 2. The van der Waals surface area contributed by atoms with Crippen molar-refractivity contribution in [2.45, 2.75) is 45.3 Å². The number of methoxy groups -OCH3 is 1. The van der Waals surface area contributed by atoms with E-state index in [1.165, 1.54) is 7.11 Å². The van der Waals surface area contributed by atoms with Crippen molar-refractivity contribution in [1.29, 1.82) is 0 Å². The molecule has 0 saturated carbocycles. The molecule has 1 fully saturated rings. The van der Waals surface area contributed by atoms with Crippen LogP contribution >= 0.6 is 0 Å². The average molecular weight is 382 g/mol. The number of aryl methyl sites for hydroxylation is 1. The Balaban J connectivity index is 1.46. The summed E-state index contributed by atoms with van der Waals surface area (Å²) in [5, 5.41) is 3.42. The topological polar surface area (TPSA) is 84.4 Å². The average Bonchev–Trinajstić information content (AvgIpc) is 3.06. The van der Waals surface area contributed by atoms with Crippen molar-refractivity contribution in [1.82, 2.24) is 20.2 Å². The van der Waals surface area contributed by atoms with Gasteiger partial charge in [0.15, 0.2) is 0 Å². The number of carbonyl (C=O) groups is 2. The highest BCUT2D eigenvalue weighted by molar-refractivity contribution is 5.89. The Morgan fingerprint density at radius 2 is 2.04 bits per heavy atom. The van der Waals surface area contributed by atoms with E-state index in [2.05, 4.69) is 15.3 Å². The molecule has 1 aliphatic rings. The van der Waals surface area contributed by atoms with Gasteiger partial charge in [-0.15, -0.1) is 0 Å². The van der Waals surface area contributed by atoms with E-state index in [1.807, 2.05) is 24.0 Å². The van der Waals surface area contributed by atoms with Crippen LogP contribution in [-0.4, -0.2) is 46.4 Å². The van der Waals surface area contributed by atoms with Crippen molar-refractivity contribution in [2.75, 3.05) is 13.7 Å². The zero-order chi connectivity index (χ0) is 19.9. The fourth-order valence-corrected chi connectivity index (χ4v) is 3.36. The van der Waals surface area contributed by atoms with Crippen LogP contribution in [0.3, 0.4) is 0 Å². The number of hydrogen-bond acceptors (Lipinski definition) is 6. The van der Waals surface area contributed by atoms with Crippen molar-refractivity contribution in [2.24, 2.45) is 0 Å². The van der Waals surface area contributed by atoms with Gasteiger partial charge in [-0.1, -0.05) is 12.1 Å². The molecule has 2 aromatic rings. The number of nitrogens with zero attached hydrogens (tertiary/aromatic N) is 3. The lowest BCUT2D eigenvalue weighted by Crippen LogP contribution is -2.35. The Labute approximate surface area is 165 Å². The van der Waals surface area contributed by atoms with Crippen LogP contribution in [-0.2, 0) is 22.6 Å². The molecule has 3 rings (SSSR count). The van der Waals surface area contributed by atoms with Gasteiger partial charge in [-0.25, -0.2) is 4.79 Å². The molecule has 0 spiro atoms. The molecule has 1 unspecified atom stereocenters. The molecule has 7 nitrogen and oxygen atoms in total. The van der Waals surface area contributed by atoms with Crippen molar-refractivity contribution in [3.8, 4) is 0 Å². The minimum Gasteiger partial charge on any atom is -0.465 e. The second-order valence-electron chi connectivity index (χ2n) is 7.02. The lowest BCUT2D eigenvalue weighted by atomic mass is 10.1. The van der Waals surface area contributed by atoms with E-state index >= 15 is 0 Å². The van der Waals surface area contributed by atoms with E-state index in [0.29, 0.717) is 25.1 Å². The number of ether oxygens (including phenoxy) is 1. The first-order valence-electron chi connectivity index (χ1n) is 9.52. The smallest absolute Gasteiger partial charge is 0.337 e. The number of aromatic nitrogens is 2. The minimum absolute atomic E-state index is 0.186. The fourth-order valence-electron chi connectivity index (χ4n) is 3.36. The maximum atomic E-state index is 12.2. The molecule has 1 atom stereocenters. The van der Waals surface area contributed by atoms with Gasteiger partial charge in [0.25, 0.3) is 0 Å². The summed E-state index contributed by atoms with van der Waals surface area (Å²) in [6, 6.07) is 7.59. The van der Waals surface area contributed by atoms with Crippen molar-refractivity contribution in [3.63, 3.8) is 0 Å². The van der Waals surface area contributed by atoms with Gasteiger partial charge in [0.1, 0.15) is 0 Å². The fraction of sp³-hybridized carbons (Fsp3) is 0.429. The molecule has 1 amide bonds. The first kappa shape index (κ1) is 19.9. The van der Waals surface area contributed by atoms with E-state index in [-0.39, 0.29) is 17.9 Å². The van der Waals surface area contributed by atoms with Crippen molar-refractivity contribution >= 4 is 11.9 Å². The molecule has 7 heteroatoms. The van der Waals surface area contributed by atoms with E-state index in [0.717, 1.165) is 36.3 Å². The number of rotatable bonds is 8. The van der Waals surface area contributed by atoms with Crippen molar-refractivity contribution in [3.05, 3.63) is 59.2 Å². The normalized spacial score (nSPS) is 16.4.